The van der Waals surface area contributed by atoms with E-state index < -0.39 is 0 Å². The minimum absolute atomic E-state index is 0.0671. The molecule has 118 valence electrons. The van der Waals surface area contributed by atoms with Gasteiger partial charge in [-0.2, -0.15) is 0 Å². The molecule has 4 unspecified atom stereocenters. The number of hydrogen-bond acceptors (Lipinski definition) is 6. The topological polar surface area (TPSA) is 99.1 Å². The Hall–Kier alpha value is -1.02. The van der Waals surface area contributed by atoms with Crippen LogP contribution in [0.15, 0.2) is 0 Å². The third-order valence-corrected chi connectivity index (χ3v) is 4.84. The van der Waals surface area contributed by atoms with Gasteiger partial charge in [-0.3, -0.25) is 14.5 Å². The summed E-state index contributed by atoms with van der Waals surface area (Å²) < 4.78 is 5.68. The number of rotatable bonds is 7. The summed E-state index contributed by atoms with van der Waals surface area (Å²) in [5.41, 5.74) is 0. The number of aliphatic hydroxyl groups excluding tert-OH is 2. The molecule has 4 atom stereocenters. The Balaban J connectivity index is 1.51. The lowest BCUT2D eigenvalue weighted by Crippen LogP contribution is -2.40. The molecule has 2 amide bonds. The molecule has 0 spiro atoms. The maximum absolute atomic E-state index is 12.3. The molecular formula is C14H22N2O5. The Morgan fingerprint density at radius 2 is 1.71 bits per heavy atom. The lowest BCUT2D eigenvalue weighted by molar-refractivity contribution is -0.142. The summed E-state index contributed by atoms with van der Waals surface area (Å²) >= 11 is 0. The van der Waals surface area contributed by atoms with Crippen LogP contribution in [0.25, 0.3) is 0 Å². The fourth-order valence-electron chi connectivity index (χ4n) is 3.68. The maximum Gasteiger partial charge on any atom is 0.235 e. The molecule has 0 aromatic heterocycles. The van der Waals surface area contributed by atoms with Gasteiger partial charge in [0.25, 0.3) is 0 Å². The van der Waals surface area contributed by atoms with Crippen molar-refractivity contribution in [1.29, 1.82) is 0 Å². The molecule has 3 rings (SSSR count). The van der Waals surface area contributed by atoms with Crippen molar-refractivity contribution in [3.63, 3.8) is 0 Å². The Labute approximate surface area is 123 Å². The van der Waals surface area contributed by atoms with Gasteiger partial charge in [0, 0.05) is 38.8 Å². The van der Waals surface area contributed by atoms with Gasteiger partial charge in [0.1, 0.15) is 0 Å². The van der Waals surface area contributed by atoms with Gasteiger partial charge in [0.15, 0.2) is 0 Å². The van der Waals surface area contributed by atoms with Crippen LogP contribution in [0.5, 0.6) is 0 Å². The SMILES string of the molecule is O=C1C2C3CCC(O3)C2C(=O)N1CCNCC(CO)CO. The summed E-state index contributed by atoms with van der Waals surface area (Å²) in [6.07, 6.45) is 1.63. The number of fused-ring (bicyclic) bond motifs is 5. The minimum atomic E-state index is -0.265. The van der Waals surface area contributed by atoms with Crippen molar-refractivity contribution in [2.75, 3.05) is 32.8 Å². The van der Waals surface area contributed by atoms with Crippen molar-refractivity contribution in [2.24, 2.45) is 17.8 Å². The third kappa shape index (κ3) is 2.48. The van der Waals surface area contributed by atoms with Gasteiger partial charge < -0.3 is 20.3 Å². The number of hydrogen-bond donors (Lipinski definition) is 3. The summed E-state index contributed by atoms with van der Waals surface area (Å²) in [5.74, 6) is -0.934. The molecule has 0 aromatic rings. The standard InChI is InChI=1S/C14H22N2O5/c17-6-8(7-18)5-15-3-4-16-13(19)11-9-1-2-10(21-9)12(11)14(16)20/h8-12,15,17-18H,1-7H2. The summed E-state index contributed by atoms with van der Waals surface area (Å²) in [6.45, 7) is 1.10. The third-order valence-electron chi connectivity index (χ3n) is 4.84. The van der Waals surface area contributed by atoms with Crippen LogP contribution in [0.4, 0.5) is 0 Å². The number of imide groups is 1. The quantitative estimate of drug-likeness (QED) is 0.384. The zero-order valence-electron chi connectivity index (χ0n) is 11.9. The van der Waals surface area contributed by atoms with E-state index in [1.807, 2.05) is 0 Å². The van der Waals surface area contributed by atoms with Crippen molar-refractivity contribution >= 4 is 11.8 Å². The molecular weight excluding hydrogens is 276 g/mol. The number of ether oxygens (including phenoxy) is 1. The van der Waals surface area contributed by atoms with E-state index in [4.69, 9.17) is 14.9 Å². The predicted molar refractivity (Wildman–Crippen MR) is 72.1 cm³/mol. The van der Waals surface area contributed by atoms with Crippen molar-refractivity contribution in [3.05, 3.63) is 0 Å². The van der Waals surface area contributed by atoms with Crippen LogP contribution < -0.4 is 5.32 Å². The van der Waals surface area contributed by atoms with E-state index >= 15 is 0 Å². The van der Waals surface area contributed by atoms with Crippen molar-refractivity contribution in [1.82, 2.24) is 10.2 Å². The zero-order chi connectivity index (χ0) is 15.0. The maximum atomic E-state index is 12.3. The van der Waals surface area contributed by atoms with E-state index in [0.29, 0.717) is 19.6 Å². The molecule has 3 heterocycles. The molecule has 3 fully saturated rings. The van der Waals surface area contributed by atoms with Crippen molar-refractivity contribution < 1.29 is 24.5 Å². The highest BCUT2D eigenvalue weighted by Crippen LogP contribution is 2.48. The van der Waals surface area contributed by atoms with Gasteiger partial charge in [-0.1, -0.05) is 0 Å². The molecule has 2 bridgehead atoms. The Kier molecular flexibility index (Phi) is 4.26. The number of carbonyl (C=O) groups excluding carboxylic acids is 2. The van der Waals surface area contributed by atoms with Crippen LogP contribution >= 0.6 is 0 Å². The Bertz CT molecular complexity index is 398. The largest absolute Gasteiger partial charge is 0.396 e. The van der Waals surface area contributed by atoms with Crippen molar-refractivity contribution in [3.8, 4) is 0 Å². The van der Waals surface area contributed by atoms with Gasteiger partial charge >= 0.3 is 0 Å². The first-order chi connectivity index (χ1) is 10.2. The average Bonchev–Trinajstić information content (AvgIpc) is 3.16. The zero-order valence-corrected chi connectivity index (χ0v) is 11.9. The second kappa shape index (κ2) is 6.00. The first-order valence-electron chi connectivity index (χ1n) is 7.60. The second-order valence-corrected chi connectivity index (χ2v) is 6.11. The summed E-state index contributed by atoms with van der Waals surface area (Å²) in [7, 11) is 0. The fraction of sp³-hybridized carbons (Fsp3) is 0.857. The first-order valence-corrected chi connectivity index (χ1v) is 7.60. The highest BCUT2D eigenvalue weighted by Gasteiger charge is 2.62. The van der Waals surface area contributed by atoms with E-state index in [0.717, 1.165) is 12.8 Å². The van der Waals surface area contributed by atoms with Gasteiger partial charge in [-0.25, -0.2) is 0 Å². The smallest absolute Gasteiger partial charge is 0.235 e. The molecule has 3 saturated heterocycles. The molecule has 0 radical (unpaired) electrons. The molecule has 0 saturated carbocycles. The van der Waals surface area contributed by atoms with Crippen LogP contribution in [-0.4, -0.2) is 72.0 Å². The van der Waals surface area contributed by atoms with E-state index in [1.165, 1.54) is 4.90 Å². The van der Waals surface area contributed by atoms with E-state index in [1.54, 1.807) is 0 Å². The number of nitrogens with zero attached hydrogens (tertiary/aromatic N) is 1. The first kappa shape index (κ1) is 14.9. The molecule has 0 aromatic carbocycles. The second-order valence-electron chi connectivity index (χ2n) is 6.11. The minimum Gasteiger partial charge on any atom is -0.396 e. The van der Waals surface area contributed by atoms with Crippen LogP contribution in [0.2, 0.25) is 0 Å². The molecule has 3 aliphatic heterocycles. The summed E-state index contributed by atoms with van der Waals surface area (Å²) in [5, 5.41) is 21.0. The molecule has 7 nitrogen and oxygen atoms in total. The van der Waals surface area contributed by atoms with Crippen molar-refractivity contribution in [2.45, 2.75) is 25.0 Å². The number of likely N-dealkylation sites (tertiary alicyclic amines) is 1. The van der Waals surface area contributed by atoms with Crippen LogP contribution in [-0.2, 0) is 14.3 Å². The van der Waals surface area contributed by atoms with E-state index in [-0.39, 0.29) is 55.0 Å². The van der Waals surface area contributed by atoms with Gasteiger partial charge in [0.05, 0.1) is 24.0 Å². The van der Waals surface area contributed by atoms with Crippen LogP contribution in [0.1, 0.15) is 12.8 Å². The average molecular weight is 298 g/mol. The molecule has 3 aliphatic rings. The fourth-order valence-corrected chi connectivity index (χ4v) is 3.68. The monoisotopic (exact) mass is 298 g/mol. The molecule has 21 heavy (non-hydrogen) atoms. The van der Waals surface area contributed by atoms with Crippen LogP contribution in [0.3, 0.4) is 0 Å². The van der Waals surface area contributed by atoms with Gasteiger partial charge in [0.2, 0.25) is 11.8 Å². The highest BCUT2D eigenvalue weighted by molar-refractivity contribution is 6.06. The Morgan fingerprint density at radius 1 is 1.14 bits per heavy atom. The Morgan fingerprint density at radius 3 is 2.24 bits per heavy atom. The lowest BCUT2D eigenvalue weighted by Gasteiger charge is -2.18. The number of aliphatic hydroxyl groups is 2. The number of carbonyl (C=O) groups is 2. The molecule has 0 aliphatic carbocycles. The van der Waals surface area contributed by atoms with E-state index in [2.05, 4.69) is 5.32 Å². The molecule has 7 heteroatoms. The summed E-state index contributed by atoms with van der Waals surface area (Å²) in [4.78, 5) is 26.0. The number of amides is 2. The predicted octanol–water partition coefficient (Wildman–Crippen LogP) is -1.66. The lowest BCUT2D eigenvalue weighted by atomic mass is 9.81. The highest BCUT2D eigenvalue weighted by atomic mass is 16.5. The number of nitrogens with one attached hydrogen (secondary N) is 1. The normalized spacial score (nSPS) is 34.3. The molecule has 3 N–H and O–H groups in total. The van der Waals surface area contributed by atoms with Crippen LogP contribution in [0, 0.1) is 17.8 Å². The van der Waals surface area contributed by atoms with Gasteiger partial charge in [-0.05, 0) is 12.8 Å². The summed E-state index contributed by atoms with van der Waals surface area (Å²) in [6, 6.07) is 0. The van der Waals surface area contributed by atoms with Gasteiger partial charge in [-0.15, -0.1) is 0 Å². The van der Waals surface area contributed by atoms with E-state index in [9.17, 15) is 9.59 Å².